The summed E-state index contributed by atoms with van der Waals surface area (Å²) in [5.74, 6) is 0.468. The van der Waals surface area contributed by atoms with Gasteiger partial charge in [-0.15, -0.1) is 0 Å². The monoisotopic (exact) mass is 291 g/mol. The predicted molar refractivity (Wildman–Crippen MR) is 89.3 cm³/mol. The first-order valence-corrected chi connectivity index (χ1v) is 7.67. The molecule has 0 radical (unpaired) electrons. The van der Waals surface area contributed by atoms with Crippen LogP contribution in [0.25, 0.3) is 0 Å². The van der Waals surface area contributed by atoms with Gasteiger partial charge in [0.05, 0.1) is 6.04 Å². The number of carbonyl (C=O) groups excluding carboxylic acids is 1. The molecule has 118 valence electrons. The van der Waals surface area contributed by atoms with Crippen LogP contribution in [0, 0.1) is 18.8 Å². The maximum absolute atomic E-state index is 11.9. The summed E-state index contributed by atoms with van der Waals surface area (Å²) in [5, 5.41) is 6.42. The summed E-state index contributed by atoms with van der Waals surface area (Å²) in [5.41, 5.74) is 8.16. The lowest BCUT2D eigenvalue weighted by Crippen LogP contribution is -2.48. The summed E-state index contributed by atoms with van der Waals surface area (Å²) < 4.78 is 0. The maximum Gasteiger partial charge on any atom is 0.237 e. The molecular formula is C17H29N3O. The standard InChI is InChI=1S/C17H29N3O/c1-11(2)15(10-19-17(21)16(18)12(3)4)20-14-8-6-13(5)7-9-14/h6-9,11-12,15-16,20H,10,18H2,1-5H3,(H,19,21). The number of carbonyl (C=O) groups is 1. The number of amides is 1. The molecule has 4 nitrogen and oxygen atoms in total. The highest BCUT2D eigenvalue weighted by Crippen LogP contribution is 2.13. The van der Waals surface area contributed by atoms with Crippen LogP contribution in [0.15, 0.2) is 24.3 Å². The molecule has 0 spiro atoms. The van der Waals surface area contributed by atoms with Crippen LogP contribution in [0.3, 0.4) is 0 Å². The summed E-state index contributed by atoms with van der Waals surface area (Å²) in [6, 6.07) is 8.01. The van der Waals surface area contributed by atoms with Crippen molar-refractivity contribution >= 4 is 11.6 Å². The second-order valence-corrected chi connectivity index (χ2v) is 6.38. The molecule has 2 atom stereocenters. The molecule has 2 unspecified atom stereocenters. The van der Waals surface area contributed by atoms with Gasteiger partial charge < -0.3 is 16.4 Å². The van der Waals surface area contributed by atoms with Crippen LogP contribution in [0.2, 0.25) is 0 Å². The molecule has 0 saturated heterocycles. The normalized spacial score (nSPS) is 14.1. The van der Waals surface area contributed by atoms with Crippen molar-refractivity contribution in [3.8, 4) is 0 Å². The Kier molecular flexibility index (Phi) is 6.69. The van der Waals surface area contributed by atoms with Crippen molar-refractivity contribution in [1.82, 2.24) is 5.32 Å². The fourth-order valence-electron chi connectivity index (χ4n) is 1.95. The van der Waals surface area contributed by atoms with Crippen molar-refractivity contribution < 1.29 is 4.79 Å². The number of hydrogen-bond donors (Lipinski definition) is 3. The van der Waals surface area contributed by atoms with E-state index in [9.17, 15) is 4.79 Å². The Morgan fingerprint density at radius 3 is 2.14 bits per heavy atom. The fourth-order valence-corrected chi connectivity index (χ4v) is 1.95. The molecule has 0 aliphatic heterocycles. The lowest BCUT2D eigenvalue weighted by molar-refractivity contribution is -0.123. The Balaban J connectivity index is 2.58. The van der Waals surface area contributed by atoms with Gasteiger partial charge in [-0.2, -0.15) is 0 Å². The summed E-state index contributed by atoms with van der Waals surface area (Å²) in [4.78, 5) is 11.9. The highest BCUT2D eigenvalue weighted by atomic mass is 16.2. The van der Waals surface area contributed by atoms with E-state index < -0.39 is 6.04 Å². The van der Waals surface area contributed by atoms with Crippen molar-refractivity contribution in [2.75, 3.05) is 11.9 Å². The van der Waals surface area contributed by atoms with E-state index in [2.05, 4.69) is 55.7 Å². The van der Waals surface area contributed by atoms with Crippen LogP contribution in [0.4, 0.5) is 5.69 Å². The lowest BCUT2D eigenvalue weighted by Gasteiger charge is -2.25. The van der Waals surface area contributed by atoms with Crippen molar-refractivity contribution in [2.45, 2.75) is 46.7 Å². The van der Waals surface area contributed by atoms with Gasteiger partial charge in [0.15, 0.2) is 0 Å². The highest BCUT2D eigenvalue weighted by Gasteiger charge is 2.19. The molecule has 1 aromatic rings. The molecule has 0 fully saturated rings. The molecule has 1 amide bonds. The van der Waals surface area contributed by atoms with Crippen LogP contribution in [-0.4, -0.2) is 24.5 Å². The predicted octanol–water partition coefficient (Wildman–Crippen LogP) is 2.53. The highest BCUT2D eigenvalue weighted by molar-refractivity contribution is 5.81. The number of nitrogens with one attached hydrogen (secondary N) is 2. The Labute approximate surface area is 128 Å². The molecule has 21 heavy (non-hydrogen) atoms. The average Bonchev–Trinajstić information content (AvgIpc) is 2.43. The van der Waals surface area contributed by atoms with E-state index in [1.165, 1.54) is 5.56 Å². The molecule has 0 bridgehead atoms. The number of anilines is 1. The Hall–Kier alpha value is -1.55. The van der Waals surface area contributed by atoms with Gasteiger partial charge in [0.2, 0.25) is 5.91 Å². The molecule has 0 heterocycles. The van der Waals surface area contributed by atoms with Crippen molar-refractivity contribution in [2.24, 2.45) is 17.6 Å². The van der Waals surface area contributed by atoms with Gasteiger partial charge in [-0.1, -0.05) is 45.4 Å². The van der Waals surface area contributed by atoms with Gasteiger partial charge in [-0.05, 0) is 30.9 Å². The third kappa shape index (κ3) is 5.76. The first-order chi connectivity index (χ1) is 9.81. The summed E-state index contributed by atoms with van der Waals surface area (Å²) in [6.07, 6.45) is 0. The lowest BCUT2D eigenvalue weighted by atomic mass is 10.0. The fraction of sp³-hybridized carbons (Fsp3) is 0.588. The topological polar surface area (TPSA) is 67.1 Å². The molecule has 1 aromatic carbocycles. The molecule has 0 aliphatic carbocycles. The van der Waals surface area contributed by atoms with Gasteiger partial charge in [0, 0.05) is 18.3 Å². The number of benzene rings is 1. The molecular weight excluding hydrogens is 262 g/mol. The van der Waals surface area contributed by atoms with Gasteiger partial charge in [-0.25, -0.2) is 0 Å². The quantitative estimate of drug-likeness (QED) is 0.723. The first kappa shape index (κ1) is 17.5. The van der Waals surface area contributed by atoms with E-state index in [0.717, 1.165) is 5.69 Å². The minimum Gasteiger partial charge on any atom is -0.380 e. The molecule has 0 saturated carbocycles. The Morgan fingerprint density at radius 1 is 1.10 bits per heavy atom. The van der Waals surface area contributed by atoms with E-state index in [4.69, 9.17) is 5.73 Å². The zero-order chi connectivity index (χ0) is 16.0. The third-order valence-electron chi connectivity index (χ3n) is 3.73. The molecule has 0 aromatic heterocycles. The third-order valence-corrected chi connectivity index (χ3v) is 3.73. The molecule has 0 aliphatic rings. The minimum absolute atomic E-state index is 0.0821. The van der Waals surface area contributed by atoms with Crippen molar-refractivity contribution in [3.05, 3.63) is 29.8 Å². The molecule has 1 rings (SSSR count). The number of nitrogens with two attached hydrogens (primary N) is 1. The largest absolute Gasteiger partial charge is 0.380 e. The van der Waals surface area contributed by atoms with Gasteiger partial charge in [0.25, 0.3) is 0 Å². The van der Waals surface area contributed by atoms with Gasteiger partial charge in [0.1, 0.15) is 0 Å². The van der Waals surface area contributed by atoms with Crippen LogP contribution in [0.5, 0.6) is 0 Å². The summed E-state index contributed by atoms with van der Waals surface area (Å²) in [6.45, 7) is 10.8. The summed E-state index contributed by atoms with van der Waals surface area (Å²) >= 11 is 0. The number of aryl methyl sites for hydroxylation is 1. The van der Waals surface area contributed by atoms with E-state index in [0.29, 0.717) is 12.5 Å². The van der Waals surface area contributed by atoms with Crippen LogP contribution in [-0.2, 0) is 4.79 Å². The van der Waals surface area contributed by atoms with Gasteiger partial charge in [-0.3, -0.25) is 4.79 Å². The molecule has 4 heteroatoms. The van der Waals surface area contributed by atoms with Crippen LogP contribution < -0.4 is 16.4 Å². The van der Waals surface area contributed by atoms with Crippen LogP contribution in [0.1, 0.15) is 33.3 Å². The van der Waals surface area contributed by atoms with Gasteiger partial charge >= 0.3 is 0 Å². The Morgan fingerprint density at radius 2 is 1.67 bits per heavy atom. The average molecular weight is 291 g/mol. The minimum atomic E-state index is -0.447. The number of hydrogen-bond acceptors (Lipinski definition) is 3. The van der Waals surface area contributed by atoms with E-state index >= 15 is 0 Å². The van der Waals surface area contributed by atoms with E-state index in [-0.39, 0.29) is 17.9 Å². The van der Waals surface area contributed by atoms with Crippen LogP contribution >= 0.6 is 0 Å². The van der Waals surface area contributed by atoms with E-state index in [1.807, 2.05) is 13.8 Å². The van der Waals surface area contributed by atoms with Crippen molar-refractivity contribution in [3.63, 3.8) is 0 Å². The first-order valence-electron chi connectivity index (χ1n) is 7.67. The Bertz CT molecular complexity index is 440. The zero-order valence-corrected chi connectivity index (χ0v) is 13.8. The van der Waals surface area contributed by atoms with Crippen molar-refractivity contribution in [1.29, 1.82) is 0 Å². The number of rotatable bonds is 7. The molecule has 4 N–H and O–H groups in total. The second kappa shape index (κ2) is 8.03. The van der Waals surface area contributed by atoms with E-state index in [1.54, 1.807) is 0 Å². The smallest absolute Gasteiger partial charge is 0.237 e. The zero-order valence-electron chi connectivity index (χ0n) is 13.8. The second-order valence-electron chi connectivity index (χ2n) is 6.38. The SMILES string of the molecule is Cc1ccc(NC(CNC(=O)C(N)C(C)C)C(C)C)cc1. The summed E-state index contributed by atoms with van der Waals surface area (Å²) in [7, 11) is 0. The maximum atomic E-state index is 11.9.